The van der Waals surface area contributed by atoms with Crippen molar-refractivity contribution in [2.24, 2.45) is 0 Å². The number of carboxylic acids is 1. The fourth-order valence-corrected chi connectivity index (χ4v) is 4.48. The zero-order valence-electron chi connectivity index (χ0n) is 19.9. The second-order valence-electron chi connectivity index (χ2n) is 8.72. The maximum atomic E-state index is 11.1. The Balaban J connectivity index is 1.53. The molecule has 4 aromatic carbocycles. The summed E-state index contributed by atoms with van der Waals surface area (Å²) in [6, 6.07) is 32.6. The zero-order valence-corrected chi connectivity index (χ0v) is 19.9. The Hall–Kier alpha value is -4.57. The van der Waals surface area contributed by atoms with E-state index in [1.165, 1.54) is 0 Å². The van der Waals surface area contributed by atoms with Crippen molar-refractivity contribution in [3.8, 4) is 22.6 Å². The summed E-state index contributed by atoms with van der Waals surface area (Å²) in [5.74, 6) is 0.0201. The monoisotopic (exact) mass is 473 g/mol. The lowest BCUT2D eigenvalue weighted by atomic mass is 9.97. The summed E-state index contributed by atoms with van der Waals surface area (Å²) in [4.78, 5) is 11.1. The molecule has 0 fully saturated rings. The topological polar surface area (TPSA) is 51.5 Å². The van der Waals surface area contributed by atoms with Gasteiger partial charge in [-0.25, -0.2) is 0 Å². The van der Waals surface area contributed by atoms with Crippen molar-refractivity contribution < 1.29 is 14.6 Å². The van der Waals surface area contributed by atoms with Gasteiger partial charge in [-0.15, -0.1) is 0 Å². The number of benzene rings is 4. The molecule has 0 aliphatic heterocycles. The molecule has 0 saturated carbocycles. The van der Waals surface area contributed by atoms with Gasteiger partial charge in [-0.2, -0.15) is 0 Å². The van der Waals surface area contributed by atoms with Crippen LogP contribution in [-0.2, 0) is 17.8 Å². The summed E-state index contributed by atoms with van der Waals surface area (Å²) in [5.41, 5.74) is 7.44. The highest BCUT2D eigenvalue weighted by Crippen LogP contribution is 2.36. The first-order valence-corrected chi connectivity index (χ1v) is 12.0. The SMILES string of the molecule is C=Cc1ccccc1-c1cn(-c2ccc(OCc3ccccc3)cc2)c2ccc(CCC(=O)O)cc12. The largest absolute Gasteiger partial charge is 0.489 e. The number of carbonyl (C=O) groups is 1. The van der Waals surface area contributed by atoms with Crippen LogP contribution in [-0.4, -0.2) is 15.6 Å². The Labute approximate surface area is 210 Å². The Morgan fingerprint density at radius 3 is 2.36 bits per heavy atom. The van der Waals surface area contributed by atoms with Crippen molar-refractivity contribution in [1.29, 1.82) is 0 Å². The zero-order chi connectivity index (χ0) is 24.9. The highest BCUT2D eigenvalue weighted by atomic mass is 16.5. The lowest BCUT2D eigenvalue weighted by molar-refractivity contribution is -0.136. The first kappa shape index (κ1) is 23.2. The van der Waals surface area contributed by atoms with E-state index in [9.17, 15) is 4.79 Å². The number of rotatable bonds is 9. The molecule has 4 nitrogen and oxygen atoms in total. The van der Waals surface area contributed by atoms with E-state index in [1.54, 1.807) is 0 Å². The highest BCUT2D eigenvalue weighted by molar-refractivity contribution is 5.99. The number of nitrogens with zero attached hydrogens (tertiary/aromatic N) is 1. The Kier molecular flexibility index (Phi) is 6.67. The van der Waals surface area contributed by atoms with E-state index >= 15 is 0 Å². The van der Waals surface area contributed by atoms with Crippen LogP contribution in [0.3, 0.4) is 0 Å². The van der Waals surface area contributed by atoms with Crippen LogP contribution in [0.15, 0.2) is 110 Å². The second-order valence-corrected chi connectivity index (χ2v) is 8.72. The van der Waals surface area contributed by atoms with Gasteiger partial charge in [-0.1, -0.05) is 73.3 Å². The van der Waals surface area contributed by atoms with Gasteiger partial charge < -0.3 is 14.4 Å². The minimum atomic E-state index is -0.792. The lowest BCUT2D eigenvalue weighted by Gasteiger charge is -2.09. The molecule has 0 unspecified atom stereocenters. The standard InChI is InChI=1S/C32H27NO3/c1-2-25-10-6-7-11-28(25)30-21-33(31-18-12-23(20-29(30)31)13-19-32(34)35)26-14-16-27(17-15-26)36-22-24-8-4-3-5-9-24/h2-12,14-18,20-21H,1,13,19,22H2,(H,34,35). The first-order valence-electron chi connectivity index (χ1n) is 12.0. The molecule has 0 saturated heterocycles. The van der Waals surface area contributed by atoms with E-state index in [1.807, 2.05) is 66.7 Å². The summed E-state index contributed by atoms with van der Waals surface area (Å²) in [6.07, 6.45) is 4.61. The van der Waals surface area contributed by atoms with E-state index in [-0.39, 0.29) is 6.42 Å². The second kappa shape index (κ2) is 10.4. The van der Waals surface area contributed by atoms with Crippen LogP contribution >= 0.6 is 0 Å². The summed E-state index contributed by atoms with van der Waals surface area (Å²) in [7, 11) is 0. The van der Waals surface area contributed by atoms with Crippen molar-refractivity contribution >= 4 is 22.9 Å². The van der Waals surface area contributed by atoms with Gasteiger partial charge in [0.05, 0.1) is 5.52 Å². The van der Waals surface area contributed by atoms with Crippen LogP contribution in [0, 0.1) is 0 Å². The molecule has 178 valence electrons. The minimum absolute atomic E-state index is 0.106. The molecule has 0 spiro atoms. The van der Waals surface area contributed by atoms with Crippen molar-refractivity contribution in [3.05, 3.63) is 127 Å². The molecule has 1 N–H and O–H groups in total. The van der Waals surface area contributed by atoms with Gasteiger partial charge >= 0.3 is 5.97 Å². The number of fused-ring (bicyclic) bond motifs is 1. The van der Waals surface area contributed by atoms with Gasteiger partial charge in [-0.05, 0) is 65.1 Å². The van der Waals surface area contributed by atoms with E-state index < -0.39 is 5.97 Å². The van der Waals surface area contributed by atoms with Gasteiger partial charge in [0, 0.05) is 29.3 Å². The van der Waals surface area contributed by atoms with Crippen molar-refractivity contribution in [1.82, 2.24) is 4.57 Å². The lowest BCUT2D eigenvalue weighted by Crippen LogP contribution is -1.98. The maximum absolute atomic E-state index is 11.1. The predicted molar refractivity (Wildman–Crippen MR) is 146 cm³/mol. The minimum Gasteiger partial charge on any atom is -0.489 e. The molecule has 0 amide bonds. The smallest absolute Gasteiger partial charge is 0.303 e. The van der Waals surface area contributed by atoms with Crippen LogP contribution in [0.4, 0.5) is 0 Å². The normalized spacial score (nSPS) is 10.9. The van der Waals surface area contributed by atoms with Crippen LogP contribution in [0.1, 0.15) is 23.1 Å². The molecule has 4 heteroatoms. The Morgan fingerprint density at radius 1 is 0.861 bits per heavy atom. The quantitative estimate of drug-likeness (QED) is 0.241. The van der Waals surface area contributed by atoms with Crippen molar-refractivity contribution in [3.63, 3.8) is 0 Å². The molecular weight excluding hydrogens is 446 g/mol. The van der Waals surface area contributed by atoms with E-state index in [0.717, 1.165) is 50.2 Å². The number of hydrogen-bond donors (Lipinski definition) is 1. The average Bonchev–Trinajstić information content (AvgIpc) is 3.30. The summed E-state index contributed by atoms with van der Waals surface area (Å²) in [5, 5.41) is 10.2. The third-order valence-corrected chi connectivity index (χ3v) is 6.33. The molecule has 1 heterocycles. The van der Waals surface area contributed by atoms with Crippen LogP contribution < -0.4 is 4.74 Å². The third kappa shape index (κ3) is 4.93. The third-order valence-electron chi connectivity index (χ3n) is 6.33. The highest BCUT2D eigenvalue weighted by Gasteiger charge is 2.15. The molecular formula is C32H27NO3. The van der Waals surface area contributed by atoms with E-state index in [2.05, 4.69) is 53.7 Å². The van der Waals surface area contributed by atoms with E-state index in [0.29, 0.717) is 13.0 Å². The molecule has 0 bridgehead atoms. The first-order chi connectivity index (χ1) is 17.6. The maximum Gasteiger partial charge on any atom is 0.303 e. The van der Waals surface area contributed by atoms with Crippen molar-refractivity contribution in [2.75, 3.05) is 0 Å². The van der Waals surface area contributed by atoms with E-state index in [4.69, 9.17) is 9.84 Å². The van der Waals surface area contributed by atoms with Gasteiger partial charge in [-0.3, -0.25) is 4.79 Å². The number of carboxylic acid groups (broad SMARTS) is 1. The number of aryl methyl sites for hydroxylation is 1. The van der Waals surface area contributed by atoms with Gasteiger partial charge in [0.25, 0.3) is 0 Å². The predicted octanol–water partition coefficient (Wildman–Crippen LogP) is 7.54. The summed E-state index contributed by atoms with van der Waals surface area (Å²) < 4.78 is 8.14. The fraction of sp³-hybridized carbons (Fsp3) is 0.0938. The molecule has 0 aliphatic rings. The number of aromatic nitrogens is 1. The molecule has 0 radical (unpaired) electrons. The number of ether oxygens (including phenoxy) is 1. The van der Waals surface area contributed by atoms with Crippen LogP contribution in [0.2, 0.25) is 0 Å². The average molecular weight is 474 g/mol. The Morgan fingerprint density at radius 2 is 1.61 bits per heavy atom. The molecule has 1 aromatic heterocycles. The van der Waals surface area contributed by atoms with Gasteiger partial charge in [0.15, 0.2) is 0 Å². The summed E-state index contributed by atoms with van der Waals surface area (Å²) in [6.45, 7) is 4.51. The summed E-state index contributed by atoms with van der Waals surface area (Å²) >= 11 is 0. The molecule has 36 heavy (non-hydrogen) atoms. The van der Waals surface area contributed by atoms with Gasteiger partial charge in [0.2, 0.25) is 0 Å². The fourth-order valence-electron chi connectivity index (χ4n) is 4.48. The molecule has 5 rings (SSSR count). The molecule has 0 atom stereocenters. The van der Waals surface area contributed by atoms with Gasteiger partial charge in [0.1, 0.15) is 12.4 Å². The van der Waals surface area contributed by atoms with Crippen LogP contribution in [0.5, 0.6) is 5.75 Å². The van der Waals surface area contributed by atoms with Crippen LogP contribution in [0.25, 0.3) is 33.8 Å². The molecule has 0 aliphatic carbocycles. The Bertz CT molecular complexity index is 1510. The number of aliphatic carboxylic acids is 1. The van der Waals surface area contributed by atoms with Crippen molar-refractivity contribution in [2.45, 2.75) is 19.4 Å². The molecule has 5 aromatic rings. The number of hydrogen-bond acceptors (Lipinski definition) is 2.